The van der Waals surface area contributed by atoms with Crippen LogP contribution in [0.25, 0.3) is 0 Å². The third-order valence-corrected chi connectivity index (χ3v) is 3.76. The monoisotopic (exact) mass is 196 g/mol. The van der Waals surface area contributed by atoms with Crippen LogP contribution in [0.15, 0.2) is 0 Å². The maximum atomic E-state index is 2.43. The summed E-state index contributed by atoms with van der Waals surface area (Å²) in [6.07, 6.45) is 14.8. The maximum absolute atomic E-state index is 2.43. The van der Waals surface area contributed by atoms with Crippen molar-refractivity contribution in [2.24, 2.45) is 11.8 Å². The average Bonchev–Trinajstić information content (AvgIpc) is 2.18. The molecule has 0 bridgehead atoms. The van der Waals surface area contributed by atoms with E-state index in [4.69, 9.17) is 0 Å². The van der Waals surface area contributed by atoms with Gasteiger partial charge < -0.3 is 0 Å². The molecule has 2 atom stereocenters. The van der Waals surface area contributed by atoms with Crippen LogP contribution in [0.4, 0.5) is 0 Å². The van der Waals surface area contributed by atoms with E-state index >= 15 is 0 Å². The molecule has 0 heteroatoms. The predicted molar refractivity (Wildman–Crippen MR) is 64.5 cm³/mol. The minimum atomic E-state index is 1.02. The summed E-state index contributed by atoms with van der Waals surface area (Å²) in [5.74, 6) is 2.10. The first-order chi connectivity index (χ1) is 6.83. The van der Waals surface area contributed by atoms with Crippen molar-refractivity contribution < 1.29 is 0 Å². The third-order valence-electron chi connectivity index (χ3n) is 3.76. The predicted octanol–water partition coefficient (Wildman–Crippen LogP) is 5.17. The van der Waals surface area contributed by atoms with Crippen molar-refractivity contribution in [1.82, 2.24) is 0 Å². The number of hydrogen-bond acceptors (Lipinski definition) is 0. The Morgan fingerprint density at radius 2 is 1.79 bits per heavy atom. The molecule has 84 valence electrons. The van der Waals surface area contributed by atoms with Crippen molar-refractivity contribution in [3.63, 3.8) is 0 Å². The van der Waals surface area contributed by atoms with Gasteiger partial charge in [-0.05, 0) is 18.3 Å². The number of hydrogen-bond donors (Lipinski definition) is 0. The summed E-state index contributed by atoms with van der Waals surface area (Å²) in [5, 5.41) is 0. The molecule has 1 rings (SSSR count). The molecule has 0 nitrogen and oxygen atoms in total. The summed E-state index contributed by atoms with van der Waals surface area (Å²) < 4.78 is 0. The smallest absolute Gasteiger partial charge is 0.0412 e. The lowest BCUT2D eigenvalue weighted by Crippen LogP contribution is -2.12. The summed E-state index contributed by atoms with van der Waals surface area (Å²) in [5.41, 5.74) is 0. The average molecular weight is 196 g/mol. The fourth-order valence-corrected chi connectivity index (χ4v) is 2.86. The molecule has 0 aliphatic heterocycles. The van der Waals surface area contributed by atoms with Crippen molar-refractivity contribution in [2.45, 2.75) is 78.1 Å². The molecule has 1 fully saturated rings. The summed E-state index contributed by atoms with van der Waals surface area (Å²) in [6, 6.07) is 0. The molecule has 0 amide bonds. The van der Waals surface area contributed by atoms with Crippen molar-refractivity contribution in [3.8, 4) is 0 Å². The van der Waals surface area contributed by atoms with Gasteiger partial charge in [-0.15, -0.1) is 0 Å². The molecule has 0 aromatic heterocycles. The second-order valence-electron chi connectivity index (χ2n) is 5.34. The SMILES string of the molecule is CCCCCCC[C@@H]1CCC[C@H](C)C1. The van der Waals surface area contributed by atoms with Crippen LogP contribution in [0.2, 0.25) is 0 Å². The largest absolute Gasteiger partial charge is 0.0654 e. The van der Waals surface area contributed by atoms with E-state index in [2.05, 4.69) is 13.8 Å². The number of unbranched alkanes of at least 4 members (excludes halogenated alkanes) is 4. The molecule has 0 spiro atoms. The van der Waals surface area contributed by atoms with Crippen LogP contribution in [-0.4, -0.2) is 0 Å². The highest BCUT2D eigenvalue weighted by Crippen LogP contribution is 2.31. The zero-order chi connectivity index (χ0) is 10.2. The van der Waals surface area contributed by atoms with Gasteiger partial charge in [-0.3, -0.25) is 0 Å². The van der Waals surface area contributed by atoms with Crippen molar-refractivity contribution in [2.75, 3.05) is 0 Å². The summed E-state index contributed by atoms with van der Waals surface area (Å²) in [6.45, 7) is 4.73. The van der Waals surface area contributed by atoms with E-state index in [1.54, 1.807) is 0 Å². The van der Waals surface area contributed by atoms with Crippen LogP contribution in [0.3, 0.4) is 0 Å². The van der Waals surface area contributed by atoms with Gasteiger partial charge in [0.15, 0.2) is 0 Å². The molecule has 1 aliphatic carbocycles. The molecule has 1 saturated carbocycles. The summed E-state index contributed by atoms with van der Waals surface area (Å²) in [7, 11) is 0. The first-order valence-corrected chi connectivity index (χ1v) is 6.83. The Balaban J connectivity index is 1.95. The summed E-state index contributed by atoms with van der Waals surface area (Å²) >= 11 is 0. The fraction of sp³-hybridized carbons (Fsp3) is 1.00. The molecule has 14 heavy (non-hydrogen) atoms. The third kappa shape index (κ3) is 5.02. The highest BCUT2D eigenvalue weighted by Gasteiger charge is 2.17. The van der Waals surface area contributed by atoms with Gasteiger partial charge in [-0.25, -0.2) is 0 Å². The second-order valence-corrected chi connectivity index (χ2v) is 5.34. The van der Waals surface area contributed by atoms with Gasteiger partial charge in [0.2, 0.25) is 0 Å². The van der Waals surface area contributed by atoms with Gasteiger partial charge in [0.1, 0.15) is 0 Å². The first kappa shape index (κ1) is 12.1. The Morgan fingerprint density at radius 3 is 2.50 bits per heavy atom. The molecule has 0 heterocycles. The van der Waals surface area contributed by atoms with Crippen molar-refractivity contribution in [3.05, 3.63) is 0 Å². The number of rotatable bonds is 6. The van der Waals surface area contributed by atoms with Crippen molar-refractivity contribution >= 4 is 0 Å². The Bertz CT molecular complexity index is 128. The van der Waals surface area contributed by atoms with E-state index in [0.29, 0.717) is 0 Å². The van der Waals surface area contributed by atoms with E-state index in [9.17, 15) is 0 Å². The van der Waals surface area contributed by atoms with Gasteiger partial charge in [-0.1, -0.05) is 71.6 Å². The Labute approximate surface area is 90.5 Å². The van der Waals surface area contributed by atoms with Gasteiger partial charge >= 0.3 is 0 Å². The van der Waals surface area contributed by atoms with Gasteiger partial charge in [0, 0.05) is 0 Å². The van der Waals surface area contributed by atoms with Crippen LogP contribution in [0, 0.1) is 11.8 Å². The van der Waals surface area contributed by atoms with Crippen LogP contribution < -0.4 is 0 Å². The van der Waals surface area contributed by atoms with E-state index in [1.165, 1.54) is 64.2 Å². The topological polar surface area (TPSA) is 0 Å². The first-order valence-electron chi connectivity index (χ1n) is 6.83. The van der Waals surface area contributed by atoms with Gasteiger partial charge in [0.25, 0.3) is 0 Å². The minimum absolute atomic E-state index is 1.02. The summed E-state index contributed by atoms with van der Waals surface area (Å²) in [4.78, 5) is 0. The van der Waals surface area contributed by atoms with Crippen LogP contribution in [-0.2, 0) is 0 Å². The van der Waals surface area contributed by atoms with Crippen molar-refractivity contribution in [1.29, 1.82) is 0 Å². The molecular weight excluding hydrogens is 168 g/mol. The lowest BCUT2D eigenvalue weighted by molar-refractivity contribution is 0.264. The van der Waals surface area contributed by atoms with Crippen LogP contribution in [0.1, 0.15) is 78.1 Å². The van der Waals surface area contributed by atoms with E-state index in [0.717, 1.165) is 11.8 Å². The molecular formula is C14H28. The van der Waals surface area contributed by atoms with E-state index in [-0.39, 0.29) is 0 Å². The maximum Gasteiger partial charge on any atom is -0.0412 e. The fourth-order valence-electron chi connectivity index (χ4n) is 2.86. The highest BCUT2D eigenvalue weighted by atomic mass is 14.2. The Kier molecular flexibility index (Phi) is 6.31. The van der Waals surface area contributed by atoms with E-state index < -0.39 is 0 Å². The molecule has 0 N–H and O–H groups in total. The molecule has 0 aromatic carbocycles. The molecule has 0 saturated heterocycles. The van der Waals surface area contributed by atoms with E-state index in [1.807, 2.05) is 0 Å². The molecule has 0 radical (unpaired) electrons. The van der Waals surface area contributed by atoms with Gasteiger partial charge in [-0.2, -0.15) is 0 Å². The molecule has 0 aromatic rings. The highest BCUT2D eigenvalue weighted by molar-refractivity contribution is 4.70. The second kappa shape index (κ2) is 7.31. The lowest BCUT2D eigenvalue weighted by Gasteiger charge is -2.26. The zero-order valence-corrected chi connectivity index (χ0v) is 10.2. The normalized spacial score (nSPS) is 27.9. The van der Waals surface area contributed by atoms with Gasteiger partial charge in [0.05, 0.1) is 0 Å². The zero-order valence-electron chi connectivity index (χ0n) is 10.2. The standard InChI is InChI=1S/C14H28/c1-3-4-5-6-7-10-14-11-8-9-13(2)12-14/h13-14H,3-12H2,1-2H3/t13-,14+/m0/s1. The Morgan fingerprint density at radius 1 is 1.00 bits per heavy atom. The lowest BCUT2D eigenvalue weighted by atomic mass is 9.80. The molecule has 1 aliphatic rings. The minimum Gasteiger partial charge on any atom is -0.0654 e. The Hall–Kier alpha value is 0. The quantitative estimate of drug-likeness (QED) is 0.514. The van der Waals surface area contributed by atoms with Crippen LogP contribution in [0.5, 0.6) is 0 Å². The molecule has 0 unspecified atom stereocenters. The van der Waals surface area contributed by atoms with Crippen LogP contribution >= 0.6 is 0 Å².